The van der Waals surface area contributed by atoms with Gasteiger partial charge in [-0.3, -0.25) is 4.98 Å². The molecule has 1 fully saturated rings. The first-order valence-corrected chi connectivity index (χ1v) is 7.70. The standard InChI is InChI=1S/C17H16F2N4/c18-12-9-13-15(1-4-20-16(13)14(19)10-12)23-7-2-11(3-8-23)17-21-5-6-22-17/h1,4-6,9-11H,2-3,7-8H2,(H,21,22). The molecule has 0 amide bonds. The number of hydrogen-bond acceptors (Lipinski definition) is 3. The Balaban J connectivity index is 1.63. The van der Waals surface area contributed by atoms with E-state index in [1.807, 2.05) is 12.3 Å². The number of anilines is 1. The summed E-state index contributed by atoms with van der Waals surface area (Å²) >= 11 is 0. The molecule has 0 unspecified atom stereocenters. The third-order valence-electron chi connectivity index (χ3n) is 4.48. The second-order valence-corrected chi connectivity index (χ2v) is 5.85. The maximum atomic E-state index is 13.9. The van der Waals surface area contributed by atoms with Gasteiger partial charge in [-0.1, -0.05) is 0 Å². The van der Waals surface area contributed by atoms with E-state index in [4.69, 9.17) is 0 Å². The van der Waals surface area contributed by atoms with E-state index in [0.717, 1.165) is 43.5 Å². The van der Waals surface area contributed by atoms with Gasteiger partial charge in [-0.2, -0.15) is 0 Å². The molecule has 0 saturated carbocycles. The van der Waals surface area contributed by atoms with Crippen LogP contribution in [0.25, 0.3) is 10.9 Å². The van der Waals surface area contributed by atoms with Crippen molar-refractivity contribution >= 4 is 16.6 Å². The van der Waals surface area contributed by atoms with Crippen molar-refractivity contribution in [3.8, 4) is 0 Å². The molecule has 4 nitrogen and oxygen atoms in total. The number of aromatic amines is 1. The van der Waals surface area contributed by atoms with E-state index in [0.29, 0.717) is 11.3 Å². The number of nitrogens with one attached hydrogen (secondary N) is 1. The molecule has 4 rings (SSSR count). The fraction of sp³-hybridized carbons (Fsp3) is 0.294. The van der Waals surface area contributed by atoms with Gasteiger partial charge in [-0.15, -0.1) is 0 Å². The molecule has 1 saturated heterocycles. The summed E-state index contributed by atoms with van der Waals surface area (Å²) in [6.45, 7) is 1.64. The predicted molar refractivity (Wildman–Crippen MR) is 84.4 cm³/mol. The van der Waals surface area contributed by atoms with Crippen molar-refractivity contribution in [2.45, 2.75) is 18.8 Å². The number of hydrogen-bond donors (Lipinski definition) is 1. The molecule has 3 aromatic rings. The Hall–Kier alpha value is -2.50. The summed E-state index contributed by atoms with van der Waals surface area (Å²) in [7, 11) is 0. The van der Waals surface area contributed by atoms with Crippen LogP contribution in [0.5, 0.6) is 0 Å². The van der Waals surface area contributed by atoms with Gasteiger partial charge in [0.15, 0.2) is 5.82 Å². The fourth-order valence-electron chi connectivity index (χ4n) is 3.33. The third-order valence-corrected chi connectivity index (χ3v) is 4.48. The molecule has 1 N–H and O–H groups in total. The number of halogens is 2. The molecule has 2 aromatic heterocycles. The first-order valence-electron chi connectivity index (χ1n) is 7.70. The Morgan fingerprint density at radius 3 is 2.65 bits per heavy atom. The van der Waals surface area contributed by atoms with Crippen molar-refractivity contribution in [2.75, 3.05) is 18.0 Å². The number of aromatic nitrogens is 3. The van der Waals surface area contributed by atoms with Crippen LogP contribution in [0.2, 0.25) is 0 Å². The average molecular weight is 314 g/mol. The Labute approximate surface area is 132 Å². The third kappa shape index (κ3) is 2.54. The summed E-state index contributed by atoms with van der Waals surface area (Å²) in [5.74, 6) is 0.228. The lowest BCUT2D eigenvalue weighted by atomic mass is 9.95. The van der Waals surface area contributed by atoms with Crippen molar-refractivity contribution in [2.24, 2.45) is 0 Å². The second kappa shape index (κ2) is 5.61. The van der Waals surface area contributed by atoms with Crippen molar-refractivity contribution in [3.63, 3.8) is 0 Å². The Morgan fingerprint density at radius 2 is 1.91 bits per heavy atom. The van der Waals surface area contributed by atoms with E-state index >= 15 is 0 Å². The van der Waals surface area contributed by atoms with Crippen LogP contribution in [0.1, 0.15) is 24.6 Å². The lowest BCUT2D eigenvalue weighted by Gasteiger charge is -2.33. The first-order chi connectivity index (χ1) is 11.2. The van der Waals surface area contributed by atoms with Gasteiger partial charge in [-0.05, 0) is 25.0 Å². The molecule has 1 aromatic carbocycles. The van der Waals surface area contributed by atoms with E-state index in [2.05, 4.69) is 19.9 Å². The minimum absolute atomic E-state index is 0.219. The van der Waals surface area contributed by atoms with Gasteiger partial charge in [0.05, 0.1) is 0 Å². The first kappa shape index (κ1) is 14.1. The molecule has 0 aliphatic carbocycles. The molecule has 0 spiro atoms. The molecule has 23 heavy (non-hydrogen) atoms. The summed E-state index contributed by atoms with van der Waals surface area (Å²) in [5, 5.41) is 0.529. The Bertz CT molecular complexity index is 824. The molecule has 1 aliphatic heterocycles. The zero-order valence-electron chi connectivity index (χ0n) is 12.5. The molecular weight excluding hydrogens is 298 g/mol. The topological polar surface area (TPSA) is 44.8 Å². The molecule has 3 heterocycles. The molecule has 0 atom stereocenters. The minimum atomic E-state index is -0.618. The van der Waals surface area contributed by atoms with Gasteiger partial charge in [0.25, 0.3) is 0 Å². The summed E-state index contributed by atoms with van der Waals surface area (Å²) in [5.41, 5.74) is 1.06. The van der Waals surface area contributed by atoms with Crippen LogP contribution in [0.15, 0.2) is 36.8 Å². The number of nitrogens with zero attached hydrogens (tertiary/aromatic N) is 3. The molecular formula is C17H16F2N4. The lowest BCUT2D eigenvalue weighted by Crippen LogP contribution is -2.33. The highest BCUT2D eigenvalue weighted by Crippen LogP contribution is 2.33. The van der Waals surface area contributed by atoms with Crippen LogP contribution < -0.4 is 4.90 Å². The maximum absolute atomic E-state index is 13.9. The number of imidazole rings is 1. The molecule has 1 aliphatic rings. The average Bonchev–Trinajstić information content (AvgIpc) is 3.09. The van der Waals surface area contributed by atoms with Crippen molar-refractivity contribution in [1.82, 2.24) is 15.0 Å². The van der Waals surface area contributed by atoms with E-state index < -0.39 is 11.6 Å². The number of rotatable bonds is 2. The van der Waals surface area contributed by atoms with E-state index in [-0.39, 0.29) is 5.52 Å². The Morgan fingerprint density at radius 1 is 1.09 bits per heavy atom. The maximum Gasteiger partial charge on any atom is 0.152 e. The van der Waals surface area contributed by atoms with Gasteiger partial charge in [0.2, 0.25) is 0 Å². The van der Waals surface area contributed by atoms with E-state index in [1.165, 1.54) is 6.07 Å². The zero-order chi connectivity index (χ0) is 15.8. The van der Waals surface area contributed by atoms with Gasteiger partial charge < -0.3 is 9.88 Å². The summed E-state index contributed by atoms with van der Waals surface area (Å²) in [4.78, 5) is 13.7. The van der Waals surface area contributed by atoms with E-state index in [1.54, 1.807) is 12.4 Å². The number of benzene rings is 1. The highest BCUT2D eigenvalue weighted by Gasteiger charge is 2.23. The highest BCUT2D eigenvalue weighted by atomic mass is 19.1. The molecule has 118 valence electrons. The smallest absolute Gasteiger partial charge is 0.152 e. The monoisotopic (exact) mass is 314 g/mol. The normalized spacial score (nSPS) is 16.2. The lowest BCUT2D eigenvalue weighted by molar-refractivity contribution is 0.489. The van der Waals surface area contributed by atoms with Crippen LogP contribution >= 0.6 is 0 Å². The van der Waals surface area contributed by atoms with Crippen LogP contribution in [0.4, 0.5) is 14.5 Å². The van der Waals surface area contributed by atoms with Crippen LogP contribution in [0, 0.1) is 11.6 Å². The highest BCUT2D eigenvalue weighted by molar-refractivity contribution is 5.92. The van der Waals surface area contributed by atoms with Gasteiger partial charge in [0.1, 0.15) is 17.2 Å². The summed E-state index contributed by atoms with van der Waals surface area (Å²) in [6, 6.07) is 4.07. The summed E-state index contributed by atoms with van der Waals surface area (Å²) in [6.07, 6.45) is 7.09. The quantitative estimate of drug-likeness (QED) is 0.786. The van der Waals surface area contributed by atoms with Crippen LogP contribution in [-0.2, 0) is 0 Å². The fourth-order valence-corrected chi connectivity index (χ4v) is 3.33. The van der Waals surface area contributed by atoms with Crippen LogP contribution in [-0.4, -0.2) is 28.0 Å². The largest absolute Gasteiger partial charge is 0.371 e. The second-order valence-electron chi connectivity index (χ2n) is 5.85. The number of fused-ring (bicyclic) bond motifs is 1. The van der Waals surface area contributed by atoms with Crippen LogP contribution in [0.3, 0.4) is 0 Å². The minimum Gasteiger partial charge on any atom is -0.371 e. The number of piperidine rings is 1. The van der Waals surface area contributed by atoms with Crippen molar-refractivity contribution < 1.29 is 8.78 Å². The molecule has 6 heteroatoms. The predicted octanol–water partition coefficient (Wildman–Crippen LogP) is 3.62. The van der Waals surface area contributed by atoms with Crippen molar-refractivity contribution in [3.05, 3.63) is 54.2 Å². The van der Waals surface area contributed by atoms with E-state index in [9.17, 15) is 8.78 Å². The van der Waals surface area contributed by atoms with Crippen molar-refractivity contribution in [1.29, 1.82) is 0 Å². The number of H-pyrrole nitrogens is 1. The summed E-state index contributed by atoms with van der Waals surface area (Å²) < 4.78 is 27.5. The SMILES string of the molecule is Fc1cc(F)c2nccc(N3CCC(c4ncc[nH]4)CC3)c2c1. The Kier molecular flexibility index (Phi) is 3.44. The van der Waals surface area contributed by atoms with Gasteiger partial charge >= 0.3 is 0 Å². The molecule has 0 radical (unpaired) electrons. The van der Waals surface area contributed by atoms with Gasteiger partial charge in [-0.25, -0.2) is 13.8 Å². The number of pyridine rings is 1. The van der Waals surface area contributed by atoms with Gasteiger partial charge in [0, 0.05) is 54.7 Å². The zero-order valence-corrected chi connectivity index (χ0v) is 12.5. The molecule has 0 bridgehead atoms.